The van der Waals surface area contributed by atoms with E-state index < -0.39 is 0 Å². The number of H-pyrrole nitrogens is 1. The van der Waals surface area contributed by atoms with E-state index in [2.05, 4.69) is 23.2 Å². The van der Waals surface area contributed by atoms with Crippen LogP contribution in [0.15, 0.2) is 79.0 Å². The zero-order valence-electron chi connectivity index (χ0n) is 23.7. The highest BCUT2D eigenvalue weighted by Crippen LogP contribution is 2.20. The Kier molecular flexibility index (Phi) is 9.81. The summed E-state index contributed by atoms with van der Waals surface area (Å²) in [6.45, 7) is 1.53. The molecule has 0 aliphatic heterocycles. The van der Waals surface area contributed by atoms with Crippen LogP contribution in [0.5, 0.6) is 5.75 Å². The summed E-state index contributed by atoms with van der Waals surface area (Å²) in [6, 6.07) is 23.3. The molecule has 8 heteroatoms. The fraction of sp³-hybridized carbons (Fsp3) is 0.312. The molecule has 8 nitrogen and oxygen atoms in total. The number of methoxy groups -OCH3 is 2. The van der Waals surface area contributed by atoms with Gasteiger partial charge in [-0.2, -0.15) is 0 Å². The monoisotopic (exact) mass is 542 g/mol. The van der Waals surface area contributed by atoms with E-state index >= 15 is 0 Å². The fourth-order valence-electron chi connectivity index (χ4n) is 4.66. The number of hydrogen-bond donors (Lipinski definition) is 1. The quantitative estimate of drug-likeness (QED) is 0.267. The molecule has 0 radical (unpaired) electrons. The number of rotatable bonds is 13. The van der Waals surface area contributed by atoms with Gasteiger partial charge in [-0.25, -0.2) is 0 Å². The molecule has 1 heterocycles. The molecule has 40 heavy (non-hydrogen) atoms. The number of amides is 2. The summed E-state index contributed by atoms with van der Waals surface area (Å²) in [5, 5.41) is 1.15. The standard InChI is InChI=1S/C32H38N4O4/c1-34(2)27-14-12-24(13-15-27)22-35(17-16-26-21-33-30-11-6-5-10-29(26)30)31(37)23-36(18-19-39-3)32(38)25-8-7-9-28(20-25)40-4/h5-15,20-21,33H,16-19,22-23H2,1-4H3. The Morgan fingerprint density at radius 3 is 2.38 bits per heavy atom. The zero-order valence-corrected chi connectivity index (χ0v) is 23.7. The van der Waals surface area contributed by atoms with Crippen molar-refractivity contribution in [3.8, 4) is 5.75 Å². The Labute approximate surface area is 236 Å². The first-order valence-corrected chi connectivity index (χ1v) is 13.4. The van der Waals surface area contributed by atoms with Crippen LogP contribution in [0.1, 0.15) is 21.5 Å². The summed E-state index contributed by atoms with van der Waals surface area (Å²) >= 11 is 0. The number of benzene rings is 3. The molecule has 0 bridgehead atoms. The molecule has 0 saturated carbocycles. The van der Waals surface area contributed by atoms with Crippen LogP contribution in [-0.4, -0.2) is 81.2 Å². The predicted molar refractivity (Wildman–Crippen MR) is 159 cm³/mol. The molecule has 4 rings (SSSR count). The minimum Gasteiger partial charge on any atom is -0.497 e. The summed E-state index contributed by atoms with van der Waals surface area (Å²) < 4.78 is 10.6. The fourth-order valence-corrected chi connectivity index (χ4v) is 4.66. The van der Waals surface area contributed by atoms with E-state index in [4.69, 9.17) is 9.47 Å². The molecule has 2 amide bonds. The summed E-state index contributed by atoms with van der Waals surface area (Å²) in [6.07, 6.45) is 2.70. The lowest BCUT2D eigenvalue weighted by Gasteiger charge is -2.28. The van der Waals surface area contributed by atoms with Gasteiger partial charge in [-0.15, -0.1) is 0 Å². The number of nitrogens with one attached hydrogen (secondary N) is 1. The second-order valence-corrected chi connectivity index (χ2v) is 9.94. The number of fused-ring (bicyclic) bond motifs is 1. The van der Waals surface area contributed by atoms with Gasteiger partial charge >= 0.3 is 0 Å². The van der Waals surface area contributed by atoms with Gasteiger partial charge in [0.15, 0.2) is 0 Å². The third-order valence-corrected chi connectivity index (χ3v) is 7.00. The highest BCUT2D eigenvalue weighted by molar-refractivity contribution is 5.97. The molecule has 1 N–H and O–H groups in total. The van der Waals surface area contributed by atoms with Crippen LogP contribution in [0.2, 0.25) is 0 Å². The van der Waals surface area contributed by atoms with E-state index in [1.165, 1.54) is 0 Å². The summed E-state index contributed by atoms with van der Waals surface area (Å²) in [5.41, 5.74) is 4.81. The molecular formula is C32H38N4O4. The van der Waals surface area contributed by atoms with Crippen LogP contribution in [0.4, 0.5) is 5.69 Å². The molecule has 0 spiro atoms. The van der Waals surface area contributed by atoms with E-state index in [0.29, 0.717) is 44.0 Å². The molecule has 4 aromatic rings. The normalized spacial score (nSPS) is 10.9. The molecule has 0 unspecified atom stereocenters. The van der Waals surface area contributed by atoms with Crippen molar-refractivity contribution < 1.29 is 19.1 Å². The van der Waals surface area contributed by atoms with Crippen molar-refractivity contribution in [2.75, 3.05) is 59.5 Å². The molecule has 210 valence electrons. The van der Waals surface area contributed by atoms with Crippen molar-refractivity contribution in [2.45, 2.75) is 13.0 Å². The van der Waals surface area contributed by atoms with Crippen LogP contribution in [0, 0.1) is 0 Å². The lowest BCUT2D eigenvalue weighted by atomic mass is 10.1. The minimum absolute atomic E-state index is 0.0525. The van der Waals surface area contributed by atoms with Crippen molar-refractivity contribution in [1.29, 1.82) is 0 Å². The van der Waals surface area contributed by atoms with Crippen LogP contribution in [0.3, 0.4) is 0 Å². The lowest BCUT2D eigenvalue weighted by molar-refractivity contribution is -0.132. The zero-order chi connectivity index (χ0) is 28.5. The van der Waals surface area contributed by atoms with Gasteiger partial charge in [0, 0.05) is 69.2 Å². The number of para-hydroxylation sites is 1. The van der Waals surface area contributed by atoms with E-state index in [1.54, 1.807) is 43.4 Å². The molecule has 0 saturated heterocycles. The average Bonchev–Trinajstić information content (AvgIpc) is 3.40. The van der Waals surface area contributed by atoms with Crippen LogP contribution in [0.25, 0.3) is 10.9 Å². The first-order valence-electron chi connectivity index (χ1n) is 13.4. The van der Waals surface area contributed by atoms with Crippen molar-refractivity contribution in [3.63, 3.8) is 0 Å². The number of aromatic amines is 1. The maximum absolute atomic E-state index is 13.8. The summed E-state index contributed by atoms with van der Waals surface area (Å²) in [7, 11) is 7.15. The van der Waals surface area contributed by atoms with Crippen LogP contribution >= 0.6 is 0 Å². The van der Waals surface area contributed by atoms with Gasteiger partial charge in [0.05, 0.1) is 13.7 Å². The van der Waals surface area contributed by atoms with Gasteiger partial charge < -0.3 is 29.2 Å². The average molecular weight is 543 g/mol. The van der Waals surface area contributed by atoms with E-state index in [9.17, 15) is 9.59 Å². The maximum atomic E-state index is 13.8. The third kappa shape index (κ3) is 7.21. The van der Waals surface area contributed by atoms with Crippen molar-refractivity contribution in [2.24, 2.45) is 0 Å². The Morgan fingerprint density at radius 2 is 1.65 bits per heavy atom. The van der Waals surface area contributed by atoms with Gasteiger partial charge in [-0.3, -0.25) is 9.59 Å². The van der Waals surface area contributed by atoms with E-state index in [1.807, 2.05) is 60.4 Å². The number of nitrogens with zero attached hydrogens (tertiary/aromatic N) is 3. The van der Waals surface area contributed by atoms with E-state index in [0.717, 1.165) is 27.7 Å². The topological polar surface area (TPSA) is 78.1 Å². The molecule has 0 aliphatic carbocycles. The first kappa shape index (κ1) is 28.7. The van der Waals surface area contributed by atoms with E-state index in [-0.39, 0.29) is 18.4 Å². The highest BCUT2D eigenvalue weighted by Gasteiger charge is 2.23. The van der Waals surface area contributed by atoms with Gasteiger partial charge in [-0.05, 0) is 53.9 Å². The Morgan fingerprint density at radius 1 is 0.875 bits per heavy atom. The molecular weight excluding hydrogens is 504 g/mol. The number of carbonyl (C=O) groups excluding carboxylic acids is 2. The van der Waals surface area contributed by atoms with Gasteiger partial charge in [-0.1, -0.05) is 36.4 Å². The Bertz CT molecular complexity index is 1410. The molecule has 0 aliphatic rings. The molecule has 0 fully saturated rings. The number of ether oxygens (including phenoxy) is 2. The Balaban J connectivity index is 1.55. The predicted octanol–water partition coefficient (Wildman–Crippen LogP) is 4.60. The smallest absolute Gasteiger partial charge is 0.254 e. The number of aromatic nitrogens is 1. The van der Waals surface area contributed by atoms with Crippen LogP contribution in [-0.2, 0) is 22.5 Å². The Hall–Kier alpha value is -4.30. The van der Waals surface area contributed by atoms with Gasteiger partial charge in [0.2, 0.25) is 5.91 Å². The van der Waals surface area contributed by atoms with Crippen molar-refractivity contribution >= 4 is 28.4 Å². The number of carbonyl (C=O) groups is 2. The van der Waals surface area contributed by atoms with Crippen LogP contribution < -0.4 is 9.64 Å². The minimum atomic E-state index is -0.240. The second kappa shape index (κ2) is 13.7. The van der Waals surface area contributed by atoms with Gasteiger partial charge in [0.25, 0.3) is 5.91 Å². The molecule has 3 aromatic carbocycles. The number of hydrogen-bond acceptors (Lipinski definition) is 5. The first-order chi connectivity index (χ1) is 19.4. The number of anilines is 1. The van der Waals surface area contributed by atoms with Gasteiger partial charge in [0.1, 0.15) is 12.3 Å². The summed E-state index contributed by atoms with van der Waals surface area (Å²) in [4.78, 5) is 36.0. The van der Waals surface area contributed by atoms with Crippen molar-refractivity contribution in [1.82, 2.24) is 14.8 Å². The maximum Gasteiger partial charge on any atom is 0.254 e. The summed E-state index contributed by atoms with van der Waals surface area (Å²) in [5.74, 6) is 0.227. The molecule has 1 aromatic heterocycles. The second-order valence-electron chi connectivity index (χ2n) is 9.94. The SMILES string of the molecule is COCCN(CC(=O)N(CCc1c[nH]c2ccccc12)Cc1ccc(N(C)C)cc1)C(=O)c1cccc(OC)c1. The third-order valence-electron chi connectivity index (χ3n) is 7.00. The molecule has 0 atom stereocenters. The highest BCUT2D eigenvalue weighted by atomic mass is 16.5. The van der Waals surface area contributed by atoms with Crippen molar-refractivity contribution in [3.05, 3.63) is 95.7 Å². The largest absolute Gasteiger partial charge is 0.497 e. The lowest BCUT2D eigenvalue weighted by Crippen LogP contribution is -2.44.